The molecule has 2 atom stereocenters. The van der Waals surface area contributed by atoms with Gasteiger partial charge in [0, 0.05) is 17.7 Å². The number of aliphatic carboxylic acids is 1. The average molecular weight is 342 g/mol. The molecule has 2 aliphatic rings. The third-order valence-corrected chi connectivity index (χ3v) is 5.94. The van der Waals surface area contributed by atoms with Crippen LogP contribution in [0.3, 0.4) is 0 Å². The van der Waals surface area contributed by atoms with Gasteiger partial charge in [-0.1, -0.05) is 13.8 Å². The van der Waals surface area contributed by atoms with Gasteiger partial charge in [-0.25, -0.2) is 0 Å². The SMILES string of the molecule is CCC(C)C(=O)N1CSCC1C(=O)NC1CCC(C(=O)O)CC1. The maximum Gasteiger partial charge on any atom is 0.306 e. The molecule has 0 aromatic heterocycles. The maximum atomic E-state index is 12.5. The van der Waals surface area contributed by atoms with E-state index in [4.69, 9.17) is 5.11 Å². The number of nitrogens with one attached hydrogen (secondary N) is 1. The van der Waals surface area contributed by atoms with Crippen molar-refractivity contribution >= 4 is 29.5 Å². The van der Waals surface area contributed by atoms with E-state index in [0.717, 1.165) is 6.42 Å². The molecule has 130 valence electrons. The minimum absolute atomic E-state index is 0.0317. The van der Waals surface area contributed by atoms with E-state index in [1.54, 1.807) is 16.7 Å². The summed E-state index contributed by atoms with van der Waals surface area (Å²) in [4.78, 5) is 37.5. The third kappa shape index (κ3) is 4.40. The first-order chi connectivity index (χ1) is 10.9. The molecule has 0 aromatic rings. The number of carbonyl (C=O) groups is 3. The number of amides is 2. The number of carbonyl (C=O) groups excluding carboxylic acids is 2. The van der Waals surface area contributed by atoms with Gasteiger partial charge in [-0.15, -0.1) is 11.8 Å². The van der Waals surface area contributed by atoms with Gasteiger partial charge in [0.1, 0.15) is 6.04 Å². The van der Waals surface area contributed by atoms with Gasteiger partial charge in [0.25, 0.3) is 0 Å². The molecule has 1 saturated heterocycles. The summed E-state index contributed by atoms with van der Waals surface area (Å²) in [6.45, 7) is 3.87. The molecular weight excluding hydrogens is 316 g/mol. The molecule has 6 nitrogen and oxygen atoms in total. The van der Waals surface area contributed by atoms with Crippen LogP contribution in [0.5, 0.6) is 0 Å². The summed E-state index contributed by atoms with van der Waals surface area (Å²) in [5.41, 5.74) is 0. The van der Waals surface area contributed by atoms with Crippen molar-refractivity contribution in [3.63, 3.8) is 0 Å². The van der Waals surface area contributed by atoms with Crippen molar-refractivity contribution in [1.82, 2.24) is 10.2 Å². The smallest absolute Gasteiger partial charge is 0.306 e. The van der Waals surface area contributed by atoms with Gasteiger partial charge in [0.05, 0.1) is 11.8 Å². The molecule has 2 fully saturated rings. The molecule has 2 N–H and O–H groups in total. The normalized spacial score (nSPS) is 29.1. The lowest BCUT2D eigenvalue weighted by Gasteiger charge is -2.30. The van der Waals surface area contributed by atoms with E-state index in [-0.39, 0.29) is 29.7 Å². The van der Waals surface area contributed by atoms with Crippen molar-refractivity contribution in [3.05, 3.63) is 0 Å². The summed E-state index contributed by atoms with van der Waals surface area (Å²) in [6.07, 6.45) is 3.38. The highest BCUT2D eigenvalue weighted by molar-refractivity contribution is 7.99. The van der Waals surface area contributed by atoms with Crippen LogP contribution in [-0.4, -0.2) is 51.5 Å². The molecule has 0 aromatic carbocycles. The van der Waals surface area contributed by atoms with E-state index in [0.29, 0.717) is 37.3 Å². The molecule has 2 unspecified atom stereocenters. The largest absolute Gasteiger partial charge is 0.481 e. The Balaban J connectivity index is 1.88. The Labute approximate surface area is 141 Å². The molecular formula is C16H26N2O4S. The minimum atomic E-state index is -0.743. The highest BCUT2D eigenvalue weighted by Gasteiger charge is 2.37. The maximum absolute atomic E-state index is 12.5. The Morgan fingerprint density at radius 2 is 1.91 bits per heavy atom. The molecule has 1 saturated carbocycles. The predicted molar refractivity (Wildman–Crippen MR) is 88.9 cm³/mol. The fraction of sp³-hybridized carbons (Fsp3) is 0.812. The van der Waals surface area contributed by atoms with E-state index in [2.05, 4.69) is 5.32 Å². The van der Waals surface area contributed by atoms with Gasteiger partial charge in [-0.2, -0.15) is 0 Å². The van der Waals surface area contributed by atoms with Crippen LogP contribution in [0.15, 0.2) is 0 Å². The number of hydrogen-bond donors (Lipinski definition) is 2. The van der Waals surface area contributed by atoms with Crippen molar-refractivity contribution in [1.29, 1.82) is 0 Å². The van der Waals surface area contributed by atoms with Crippen LogP contribution < -0.4 is 5.32 Å². The van der Waals surface area contributed by atoms with E-state index in [9.17, 15) is 14.4 Å². The molecule has 1 aliphatic heterocycles. The standard InChI is InChI=1S/C16H26N2O4S/c1-3-10(2)15(20)18-9-23-8-13(18)14(19)17-12-6-4-11(5-7-12)16(21)22/h10-13H,3-9H2,1-2H3,(H,17,19)(H,21,22). The van der Waals surface area contributed by atoms with Crippen LogP contribution in [0.4, 0.5) is 0 Å². The molecule has 1 aliphatic carbocycles. The molecule has 0 spiro atoms. The quantitative estimate of drug-likeness (QED) is 0.794. The first-order valence-corrected chi connectivity index (χ1v) is 9.50. The Morgan fingerprint density at radius 3 is 2.48 bits per heavy atom. The second kappa shape index (κ2) is 8.04. The van der Waals surface area contributed by atoms with Gasteiger partial charge in [-0.05, 0) is 32.1 Å². The van der Waals surface area contributed by atoms with Crippen LogP contribution in [0.1, 0.15) is 46.0 Å². The fourth-order valence-electron chi connectivity index (χ4n) is 3.12. The number of nitrogens with zero attached hydrogens (tertiary/aromatic N) is 1. The van der Waals surface area contributed by atoms with Gasteiger partial charge in [-0.3, -0.25) is 14.4 Å². The minimum Gasteiger partial charge on any atom is -0.481 e. The summed E-state index contributed by atoms with van der Waals surface area (Å²) in [7, 11) is 0. The highest BCUT2D eigenvalue weighted by atomic mass is 32.2. The first kappa shape index (κ1) is 18.1. The molecule has 7 heteroatoms. The van der Waals surface area contributed by atoms with Gasteiger partial charge in [0.15, 0.2) is 0 Å². The molecule has 0 radical (unpaired) electrons. The van der Waals surface area contributed by atoms with Crippen molar-refractivity contribution in [2.24, 2.45) is 11.8 Å². The Morgan fingerprint density at radius 1 is 1.26 bits per heavy atom. The zero-order chi connectivity index (χ0) is 17.0. The Hall–Kier alpha value is -1.24. The van der Waals surface area contributed by atoms with E-state index in [1.807, 2.05) is 13.8 Å². The average Bonchev–Trinajstić information content (AvgIpc) is 3.03. The summed E-state index contributed by atoms with van der Waals surface area (Å²) in [6, 6.07) is -0.358. The number of hydrogen-bond acceptors (Lipinski definition) is 4. The zero-order valence-electron chi connectivity index (χ0n) is 13.8. The fourth-order valence-corrected chi connectivity index (χ4v) is 4.28. The van der Waals surface area contributed by atoms with Crippen LogP contribution in [0, 0.1) is 11.8 Å². The van der Waals surface area contributed by atoms with Crippen LogP contribution in [-0.2, 0) is 14.4 Å². The lowest BCUT2D eigenvalue weighted by molar-refractivity contribution is -0.143. The van der Waals surface area contributed by atoms with Crippen molar-refractivity contribution in [2.75, 3.05) is 11.6 Å². The van der Waals surface area contributed by atoms with E-state index >= 15 is 0 Å². The van der Waals surface area contributed by atoms with E-state index < -0.39 is 12.0 Å². The molecule has 0 bridgehead atoms. The summed E-state index contributed by atoms with van der Waals surface area (Å²) >= 11 is 1.61. The second-order valence-corrected chi connectivity index (χ2v) is 7.53. The summed E-state index contributed by atoms with van der Waals surface area (Å²) < 4.78 is 0. The summed E-state index contributed by atoms with van der Waals surface area (Å²) in [5.74, 6) is 0.0829. The van der Waals surface area contributed by atoms with Gasteiger partial charge < -0.3 is 15.3 Å². The molecule has 2 amide bonds. The highest BCUT2D eigenvalue weighted by Crippen LogP contribution is 2.27. The van der Waals surface area contributed by atoms with Crippen molar-refractivity contribution in [2.45, 2.75) is 58.0 Å². The van der Waals surface area contributed by atoms with Gasteiger partial charge >= 0.3 is 5.97 Å². The molecule has 23 heavy (non-hydrogen) atoms. The van der Waals surface area contributed by atoms with Crippen LogP contribution in [0.2, 0.25) is 0 Å². The number of thioether (sulfide) groups is 1. The first-order valence-electron chi connectivity index (χ1n) is 8.35. The third-order valence-electron chi connectivity index (χ3n) is 4.92. The van der Waals surface area contributed by atoms with Crippen molar-refractivity contribution < 1.29 is 19.5 Å². The lowest BCUT2D eigenvalue weighted by atomic mass is 9.86. The topological polar surface area (TPSA) is 86.7 Å². The van der Waals surface area contributed by atoms with Crippen LogP contribution in [0.25, 0.3) is 0 Å². The second-order valence-electron chi connectivity index (χ2n) is 6.53. The zero-order valence-corrected chi connectivity index (χ0v) is 14.6. The monoisotopic (exact) mass is 342 g/mol. The Bertz CT molecular complexity index is 463. The number of carboxylic acid groups (broad SMARTS) is 1. The number of rotatable bonds is 5. The number of carboxylic acids is 1. The Kier molecular flexibility index (Phi) is 6.33. The summed E-state index contributed by atoms with van der Waals surface area (Å²) in [5, 5.41) is 12.0. The molecule has 2 rings (SSSR count). The molecule has 1 heterocycles. The van der Waals surface area contributed by atoms with Crippen molar-refractivity contribution in [3.8, 4) is 0 Å². The van der Waals surface area contributed by atoms with Crippen LogP contribution >= 0.6 is 11.8 Å². The predicted octanol–water partition coefficient (Wildman–Crippen LogP) is 1.69. The lowest BCUT2D eigenvalue weighted by Crippen LogP contribution is -2.51. The van der Waals surface area contributed by atoms with E-state index in [1.165, 1.54) is 0 Å². The van der Waals surface area contributed by atoms with Gasteiger partial charge in [0.2, 0.25) is 11.8 Å².